The van der Waals surface area contributed by atoms with E-state index in [1.807, 2.05) is 11.3 Å². The smallest absolute Gasteiger partial charge is 0.191 e. The Bertz CT molecular complexity index is 555. The quantitative estimate of drug-likeness (QED) is 0.223. The Morgan fingerprint density at radius 1 is 1.21 bits per heavy atom. The van der Waals surface area contributed by atoms with Gasteiger partial charge in [0, 0.05) is 45.3 Å². The zero-order chi connectivity index (χ0) is 18.9. The molecule has 28 heavy (non-hydrogen) atoms. The van der Waals surface area contributed by atoms with Crippen molar-refractivity contribution in [2.45, 2.75) is 51.2 Å². The number of nitrogens with one attached hydrogen (secondary N) is 2. The highest BCUT2D eigenvalue weighted by atomic mass is 127. The van der Waals surface area contributed by atoms with Crippen molar-refractivity contribution in [2.75, 3.05) is 50.7 Å². The monoisotopic (exact) mass is 521 g/mol. The lowest BCUT2D eigenvalue weighted by Crippen LogP contribution is -2.48. The van der Waals surface area contributed by atoms with Crippen LogP contribution < -0.4 is 15.5 Å². The summed E-state index contributed by atoms with van der Waals surface area (Å²) >= 11 is 1.83. The highest BCUT2D eigenvalue weighted by Gasteiger charge is 2.20. The van der Waals surface area contributed by atoms with Crippen molar-refractivity contribution in [1.29, 1.82) is 0 Å². The van der Waals surface area contributed by atoms with Crippen LogP contribution in [0.5, 0.6) is 0 Å². The SMILES string of the molecule is CCNC(=NCCCN1CCC(O)CC1)NC1CCN(c2cccs2)CC1.I. The second kappa shape index (κ2) is 12.9. The van der Waals surface area contributed by atoms with E-state index < -0.39 is 0 Å². The summed E-state index contributed by atoms with van der Waals surface area (Å²) in [5, 5.41) is 20.2. The maximum Gasteiger partial charge on any atom is 0.191 e. The van der Waals surface area contributed by atoms with Crippen LogP contribution in [0, 0.1) is 0 Å². The molecule has 6 nitrogen and oxygen atoms in total. The summed E-state index contributed by atoms with van der Waals surface area (Å²) in [7, 11) is 0. The van der Waals surface area contributed by atoms with E-state index in [-0.39, 0.29) is 30.1 Å². The minimum absolute atomic E-state index is 0. The molecule has 0 radical (unpaired) electrons. The molecule has 160 valence electrons. The molecule has 3 rings (SSSR count). The number of piperidine rings is 2. The lowest BCUT2D eigenvalue weighted by atomic mass is 10.1. The van der Waals surface area contributed by atoms with Crippen LogP contribution in [0.4, 0.5) is 5.00 Å². The topological polar surface area (TPSA) is 63.1 Å². The number of aliphatic hydroxyl groups is 1. The number of thiophene rings is 1. The Kier molecular flexibility index (Phi) is 10.9. The average Bonchev–Trinajstić information content (AvgIpc) is 3.22. The lowest BCUT2D eigenvalue weighted by Gasteiger charge is -2.33. The van der Waals surface area contributed by atoms with E-state index in [1.165, 1.54) is 5.00 Å². The fourth-order valence-corrected chi connectivity index (χ4v) is 4.62. The van der Waals surface area contributed by atoms with Gasteiger partial charge in [0.15, 0.2) is 5.96 Å². The predicted octanol–water partition coefficient (Wildman–Crippen LogP) is 2.74. The van der Waals surface area contributed by atoms with Crippen LogP contribution in [0.3, 0.4) is 0 Å². The molecule has 8 heteroatoms. The van der Waals surface area contributed by atoms with E-state index in [0.29, 0.717) is 6.04 Å². The number of rotatable bonds is 7. The summed E-state index contributed by atoms with van der Waals surface area (Å²) in [4.78, 5) is 9.72. The van der Waals surface area contributed by atoms with Gasteiger partial charge in [0.05, 0.1) is 11.1 Å². The molecule has 0 bridgehead atoms. The first-order chi connectivity index (χ1) is 13.2. The van der Waals surface area contributed by atoms with Crippen molar-refractivity contribution in [3.63, 3.8) is 0 Å². The molecule has 0 saturated carbocycles. The maximum absolute atomic E-state index is 9.59. The molecule has 0 spiro atoms. The minimum atomic E-state index is -0.0879. The molecule has 2 aliphatic rings. The van der Waals surface area contributed by atoms with E-state index in [9.17, 15) is 5.11 Å². The molecule has 1 aromatic heterocycles. The van der Waals surface area contributed by atoms with Gasteiger partial charge < -0.3 is 25.5 Å². The zero-order valence-electron chi connectivity index (χ0n) is 17.0. The fourth-order valence-electron chi connectivity index (χ4n) is 3.84. The second-order valence-corrected chi connectivity index (χ2v) is 8.47. The highest BCUT2D eigenvalue weighted by molar-refractivity contribution is 14.0. The zero-order valence-corrected chi connectivity index (χ0v) is 20.1. The maximum atomic E-state index is 9.59. The molecule has 0 aromatic carbocycles. The van der Waals surface area contributed by atoms with Crippen molar-refractivity contribution in [3.05, 3.63) is 17.5 Å². The third-order valence-corrected chi connectivity index (χ3v) is 6.39. The van der Waals surface area contributed by atoms with Gasteiger partial charge in [0.1, 0.15) is 0 Å². The molecule has 0 unspecified atom stereocenters. The van der Waals surface area contributed by atoms with Crippen molar-refractivity contribution < 1.29 is 5.11 Å². The number of anilines is 1. The van der Waals surface area contributed by atoms with Crippen LogP contribution in [-0.4, -0.2) is 73.9 Å². The van der Waals surface area contributed by atoms with E-state index in [4.69, 9.17) is 4.99 Å². The molecular formula is C20H36IN5OS. The van der Waals surface area contributed by atoms with E-state index in [2.05, 4.69) is 44.9 Å². The van der Waals surface area contributed by atoms with Gasteiger partial charge in [-0.05, 0) is 63.1 Å². The van der Waals surface area contributed by atoms with Gasteiger partial charge in [0.25, 0.3) is 0 Å². The van der Waals surface area contributed by atoms with Crippen molar-refractivity contribution in [2.24, 2.45) is 4.99 Å². The third-order valence-electron chi connectivity index (χ3n) is 5.46. The predicted molar refractivity (Wildman–Crippen MR) is 130 cm³/mol. The Labute approximate surface area is 190 Å². The van der Waals surface area contributed by atoms with Crippen LogP contribution in [0.2, 0.25) is 0 Å². The number of nitrogens with zero attached hydrogens (tertiary/aromatic N) is 3. The van der Waals surface area contributed by atoms with Crippen LogP contribution >= 0.6 is 35.3 Å². The first-order valence-electron chi connectivity index (χ1n) is 10.5. The summed E-state index contributed by atoms with van der Waals surface area (Å²) < 4.78 is 0. The number of likely N-dealkylation sites (tertiary alicyclic amines) is 1. The molecule has 0 aliphatic carbocycles. The molecule has 2 saturated heterocycles. The Morgan fingerprint density at radius 3 is 2.61 bits per heavy atom. The molecule has 2 fully saturated rings. The number of guanidine groups is 1. The van der Waals surface area contributed by atoms with Gasteiger partial charge in [-0.2, -0.15) is 0 Å². The molecule has 2 aliphatic heterocycles. The summed E-state index contributed by atoms with van der Waals surface area (Å²) in [6.45, 7) is 9.20. The molecule has 3 N–H and O–H groups in total. The molecule has 0 amide bonds. The van der Waals surface area contributed by atoms with Gasteiger partial charge in [-0.1, -0.05) is 0 Å². The fraction of sp³-hybridized carbons (Fsp3) is 0.750. The minimum Gasteiger partial charge on any atom is -0.393 e. The summed E-state index contributed by atoms with van der Waals surface area (Å²) in [6.07, 6.45) is 5.12. The van der Waals surface area contributed by atoms with Crippen molar-refractivity contribution >= 4 is 46.3 Å². The Balaban J connectivity index is 0.00000280. The Morgan fingerprint density at radius 2 is 1.96 bits per heavy atom. The first-order valence-corrected chi connectivity index (χ1v) is 11.4. The van der Waals surface area contributed by atoms with Crippen LogP contribution in [-0.2, 0) is 0 Å². The average molecular weight is 522 g/mol. The molecule has 3 heterocycles. The largest absolute Gasteiger partial charge is 0.393 e. The number of aliphatic hydroxyl groups excluding tert-OH is 1. The summed E-state index contributed by atoms with van der Waals surface area (Å²) in [5.74, 6) is 0.959. The highest BCUT2D eigenvalue weighted by Crippen LogP contribution is 2.24. The second-order valence-electron chi connectivity index (χ2n) is 7.54. The van der Waals surface area contributed by atoms with Gasteiger partial charge in [0.2, 0.25) is 0 Å². The summed E-state index contributed by atoms with van der Waals surface area (Å²) in [6, 6.07) is 4.85. The van der Waals surface area contributed by atoms with Gasteiger partial charge >= 0.3 is 0 Å². The number of hydrogen-bond acceptors (Lipinski definition) is 5. The number of aliphatic imine (C=N–C) groups is 1. The third kappa shape index (κ3) is 7.68. The van der Waals surface area contributed by atoms with E-state index in [1.54, 1.807) is 0 Å². The standard InChI is InChI=1S/C20H35N5OS.HI/c1-2-21-20(22-10-4-11-24-12-8-18(26)9-13-24)23-17-6-14-25(15-7-17)19-5-3-16-27-19;/h3,5,16-18,26H,2,4,6-15H2,1H3,(H2,21,22,23);1H. The number of hydrogen-bond donors (Lipinski definition) is 3. The van der Waals surface area contributed by atoms with Crippen LogP contribution in [0.1, 0.15) is 39.0 Å². The first kappa shape index (κ1) is 23.7. The van der Waals surface area contributed by atoms with Crippen LogP contribution in [0.15, 0.2) is 22.5 Å². The molecule has 1 aromatic rings. The molecular weight excluding hydrogens is 485 g/mol. The Hall–Kier alpha value is -0.580. The van der Waals surface area contributed by atoms with Gasteiger partial charge in [-0.15, -0.1) is 35.3 Å². The van der Waals surface area contributed by atoms with E-state index >= 15 is 0 Å². The normalized spacial score (nSPS) is 20.1. The summed E-state index contributed by atoms with van der Waals surface area (Å²) in [5.41, 5.74) is 0. The number of halogens is 1. The molecule has 0 atom stereocenters. The lowest BCUT2D eigenvalue weighted by molar-refractivity contribution is 0.0824. The van der Waals surface area contributed by atoms with Gasteiger partial charge in [-0.3, -0.25) is 4.99 Å². The van der Waals surface area contributed by atoms with Gasteiger partial charge in [-0.25, -0.2) is 0 Å². The van der Waals surface area contributed by atoms with E-state index in [0.717, 1.165) is 83.9 Å². The van der Waals surface area contributed by atoms with Crippen molar-refractivity contribution in [3.8, 4) is 0 Å². The van der Waals surface area contributed by atoms with Crippen LogP contribution in [0.25, 0.3) is 0 Å². The van der Waals surface area contributed by atoms with Crippen molar-refractivity contribution in [1.82, 2.24) is 15.5 Å².